The Morgan fingerprint density at radius 1 is 1.33 bits per heavy atom. The molecule has 0 aliphatic carbocycles. The van der Waals surface area contributed by atoms with Crippen LogP contribution in [0, 0.1) is 5.82 Å². The summed E-state index contributed by atoms with van der Waals surface area (Å²) in [7, 11) is 3.05. The third-order valence-electron chi connectivity index (χ3n) is 1.79. The number of methoxy groups -OCH3 is 2. The Labute approximate surface area is 96.3 Å². The summed E-state index contributed by atoms with van der Waals surface area (Å²) in [6.45, 7) is 0.247. The molecule has 0 fully saturated rings. The predicted molar refractivity (Wildman–Crippen MR) is 57.4 cm³/mol. The standard InChI is InChI=1S/C10H12BrFO3/c1-13-10(14-2)6-15-9-4-3-7(12)5-8(9)11/h3-5,10H,6H2,1-2H3. The van der Waals surface area contributed by atoms with Gasteiger partial charge >= 0.3 is 0 Å². The van der Waals surface area contributed by atoms with Gasteiger partial charge < -0.3 is 14.2 Å². The fourth-order valence-electron chi connectivity index (χ4n) is 0.982. The van der Waals surface area contributed by atoms with Crippen LogP contribution in [0.2, 0.25) is 0 Å². The zero-order valence-corrected chi connectivity index (χ0v) is 10.1. The topological polar surface area (TPSA) is 27.7 Å². The van der Waals surface area contributed by atoms with Crippen LogP contribution in [0.1, 0.15) is 0 Å². The lowest BCUT2D eigenvalue weighted by Crippen LogP contribution is -2.22. The van der Waals surface area contributed by atoms with Crippen molar-refractivity contribution in [3.63, 3.8) is 0 Å². The molecule has 1 rings (SSSR count). The Morgan fingerprint density at radius 2 is 2.00 bits per heavy atom. The summed E-state index contributed by atoms with van der Waals surface area (Å²) in [6.07, 6.45) is -0.429. The summed E-state index contributed by atoms with van der Waals surface area (Å²) in [5.74, 6) is 0.236. The Hall–Kier alpha value is -0.650. The van der Waals surface area contributed by atoms with Crippen molar-refractivity contribution in [2.24, 2.45) is 0 Å². The molecule has 3 nitrogen and oxygen atoms in total. The summed E-state index contributed by atoms with van der Waals surface area (Å²) in [4.78, 5) is 0. The van der Waals surface area contributed by atoms with Crippen LogP contribution in [0.5, 0.6) is 5.75 Å². The summed E-state index contributed by atoms with van der Waals surface area (Å²) in [6, 6.07) is 4.21. The molecular weight excluding hydrogens is 267 g/mol. The van der Waals surface area contributed by atoms with Crippen LogP contribution in [-0.2, 0) is 9.47 Å². The predicted octanol–water partition coefficient (Wildman–Crippen LogP) is 2.59. The number of rotatable bonds is 5. The normalized spacial score (nSPS) is 10.7. The first kappa shape index (κ1) is 12.4. The molecular formula is C10H12BrFO3. The first-order chi connectivity index (χ1) is 7.17. The second-order valence-corrected chi connectivity index (χ2v) is 3.64. The molecule has 0 saturated heterocycles. The van der Waals surface area contributed by atoms with Gasteiger partial charge in [-0.1, -0.05) is 0 Å². The average Bonchev–Trinajstić information content (AvgIpc) is 2.22. The molecule has 84 valence electrons. The number of hydrogen-bond acceptors (Lipinski definition) is 3. The van der Waals surface area contributed by atoms with E-state index in [2.05, 4.69) is 15.9 Å². The van der Waals surface area contributed by atoms with Crippen molar-refractivity contribution >= 4 is 15.9 Å². The maximum Gasteiger partial charge on any atom is 0.191 e. The van der Waals surface area contributed by atoms with Crippen molar-refractivity contribution in [1.82, 2.24) is 0 Å². The molecule has 0 radical (unpaired) electrons. The average molecular weight is 279 g/mol. The van der Waals surface area contributed by atoms with Crippen molar-refractivity contribution in [3.05, 3.63) is 28.5 Å². The summed E-state index contributed by atoms with van der Waals surface area (Å²) < 4.78 is 28.6. The fraction of sp³-hybridized carbons (Fsp3) is 0.400. The zero-order chi connectivity index (χ0) is 11.3. The van der Waals surface area contributed by atoms with Gasteiger partial charge in [-0.2, -0.15) is 0 Å². The number of hydrogen-bond donors (Lipinski definition) is 0. The molecule has 0 amide bonds. The first-order valence-electron chi connectivity index (χ1n) is 4.30. The molecule has 15 heavy (non-hydrogen) atoms. The maximum atomic E-state index is 12.7. The van der Waals surface area contributed by atoms with Gasteiger partial charge in [0.05, 0.1) is 4.47 Å². The van der Waals surface area contributed by atoms with Gasteiger partial charge in [-0.3, -0.25) is 0 Å². The number of ether oxygens (including phenoxy) is 3. The van der Waals surface area contributed by atoms with Crippen LogP contribution in [0.3, 0.4) is 0 Å². The van der Waals surface area contributed by atoms with E-state index < -0.39 is 6.29 Å². The van der Waals surface area contributed by atoms with Gasteiger partial charge in [0.15, 0.2) is 6.29 Å². The van der Waals surface area contributed by atoms with E-state index in [0.717, 1.165) is 0 Å². The van der Waals surface area contributed by atoms with Crippen molar-refractivity contribution in [2.45, 2.75) is 6.29 Å². The molecule has 1 aromatic carbocycles. The lowest BCUT2D eigenvalue weighted by atomic mass is 10.3. The molecule has 0 aromatic heterocycles. The summed E-state index contributed by atoms with van der Waals surface area (Å²) in [5.41, 5.74) is 0. The highest BCUT2D eigenvalue weighted by molar-refractivity contribution is 9.10. The van der Waals surface area contributed by atoms with E-state index in [1.165, 1.54) is 26.4 Å². The molecule has 0 atom stereocenters. The highest BCUT2D eigenvalue weighted by atomic mass is 79.9. The molecule has 1 aromatic rings. The van der Waals surface area contributed by atoms with Crippen LogP contribution in [0.15, 0.2) is 22.7 Å². The molecule has 0 aliphatic rings. The molecule has 0 heterocycles. The van der Waals surface area contributed by atoms with Crippen molar-refractivity contribution in [3.8, 4) is 5.75 Å². The molecule has 5 heteroatoms. The second-order valence-electron chi connectivity index (χ2n) is 2.79. The van der Waals surface area contributed by atoms with E-state index in [1.807, 2.05) is 0 Å². The van der Waals surface area contributed by atoms with E-state index in [9.17, 15) is 4.39 Å². The van der Waals surface area contributed by atoms with E-state index >= 15 is 0 Å². The lowest BCUT2D eigenvalue weighted by Gasteiger charge is -2.15. The van der Waals surface area contributed by atoms with Crippen LogP contribution in [0.25, 0.3) is 0 Å². The Balaban J connectivity index is 2.57. The molecule has 0 bridgehead atoms. The molecule has 0 saturated carbocycles. The van der Waals surface area contributed by atoms with Gasteiger partial charge in [-0.05, 0) is 34.1 Å². The van der Waals surface area contributed by atoms with Crippen LogP contribution >= 0.6 is 15.9 Å². The Bertz CT molecular complexity index is 316. The summed E-state index contributed by atoms with van der Waals surface area (Å²) in [5, 5.41) is 0. The minimum atomic E-state index is -0.429. The monoisotopic (exact) mass is 278 g/mol. The van der Waals surface area contributed by atoms with Crippen molar-refractivity contribution in [2.75, 3.05) is 20.8 Å². The highest BCUT2D eigenvalue weighted by Crippen LogP contribution is 2.25. The molecule has 0 spiro atoms. The minimum absolute atomic E-state index is 0.247. The quantitative estimate of drug-likeness (QED) is 0.775. The van der Waals surface area contributed by atoms with Gasteiger partial charge in [0.25, 0.3) is 0 Å². The molecule has 0 N–H and O–H groups in total. The third kappa shape index (κ3) is 3.77. The van der Waals surface area contributed by atoms with E-state index in [0.29, 0.717) is 10.2 Å². The van der Waals surface area contributed by atoms with Gasteiger partial charge in [0, 0.05) is 14.2 Å². The summed E-state index contributed by atoms with van der Waals surface area (Å²) >= 11 is 3.19. The highest BCUT2D eigenvalue weighted by Gasteiger charge is 2.08. The van der Waals surface area contributed by atoms with Gasteiger partial charge in [0.2, 0.25) is 0 Å². The van der Waals surface area contributed by atoms with E-state index in [4.69, 9.17) is 14.2 Å². The minimum Gasteiger partial charge on any atom is -0.487 e. The van der Waals surface area contributed by atoms with E-state index in [-0.39, 0.29) is 12.4 Å². The third-order valence-corrected chi connectivity index (χ3v) is 2.41. The smallest absolute Gasteiger partial charge is 0.191 e. The Morgan fingerprint density at radius 3 is 2.53 bits per heavy atom. The molecule has 0 aliphatic heterocycles. The molecule has 0 unspecified atom stereocenters. The lowest BCUT2D eigenvalue weighted by molar-refractivity contribution is -0.122. The number of halogens is 2. The van der Waals surface area contributed by atoms with Crippen molar-refractivity contribution < 1.29 is 18.6 Å². The zero-order valence-electron chi connectivity index (χ0n) is 8.50. The van der Waals surface area contributed by atoms with Crippen LogP contribution in [-0.4, -0.2) is 27.1 Å². The van der Waals surface area contributed by atoms with Gasteiger partial charge in [-0.15, -0.1) is 0 Å². The number of benzene rings is 1. The second kappa shape index (κ2) is 6.05. The van der Waals surface area contributed by atoms with Gasteiger partial charge in [-0.25, -0.2) is 4.39 Å². The maximum absolute atomic E-state index is 12.7. The van der Waals surface area contributed by atoms with Gasteiger partial charge in [0.1, 0.15) is 18.2 Å². The SMILES string of the molecule is COC(COc1ccc(F)cc1Br)OC. The van der Waals surface area contributed by atoms with Crippen LogP contribution < -0.4 is 4.74 Å². The van der Waals surface area contributed by atoms with Crippen molar-refractivity contribution in [1.29, 1.82) is 0 Å². The van der Waals surface area contributed by atoms with Crippen LogP contribution in [0.4, 0.5) is 4.39 Å². The Kier molecular flexibility index (Phi) is 5.01. The van der Waals surface area contributed by atoms with E-state index in [1.54, 1.807) is 6.07 Å². The fourth-order valence-corrected chi connectivity index (χ4v) is 1.45. The largest absolute Gasteiger partial charge is 0.487 e. The first-order valence-corrected chi connectivity index (χ1v) is 5.10.